The molecule has 0 atom stereocenters. The minimum Gasteiger partial charge on any atom is -0.449 e. The van der Waals surface area contributed by atoms with Gasteiger partial charge in [-0.2, -0.15) is 0 Å². The Morgan fingerprint density at radius 1 is 0.588 bits per heavy atom. The molecule has 0 aliphatic carbocycles. The summed E-state index contributed by atoms with van der Waals surface area (Å²) in [5.41, 5.74) is 0. The molecule has 2 aromatic rings. The van der Waals surface area contributed by atoms with Crippen LogP contribution in [0.3, 0.4) is 0 Å². The van der Waals surface area contributed by atoms with Crippen LogP contribution in [0, 0.1) is 0 Å². The first-order valence-electron chi connectivity index (χ1n) is 4.78. The second-order valence-corrected chi connectivity index (χ2v) is 3.46. The maximum absolute atomic E-state index is 5.60. The van der Waals surface area contributed by atoms with Crippen LogP contribution in [0.25, 0.3) is 0 Å². The molecule has 0 bridgehead atoms. The first-order chi connectivity index (χ1) is 8.35. The molecule has 0 aromatic heterocycles. The summed E-state index contributed by atoms with van der Waals surface area (Å²) in [6.45, 7) is 0. The van der Waals surface area contributed by atoms with Crippen molar-refractivity contribution in [3.05, 3.63) is 48.5 Å². The Labute approximate surface area is 109 Å². The summed E-state index contributed by atoms with van der Waals surface area (Å²) >= 11 is 10.7. The van der Waals surface area contributed by atoms with Crippen LogP contribution in [-0.4, -0.2) is 0 Å². The number of hydrogen-bond acceptors (Lipinski definition) is 3. The highest BCUT2D eigenvalue weighted by Gasteiger charge is 2.09. The van der Waals surface area contributed by atoms with Crippen LogP contribution in [-0.2, 0) is 0 Å². The lowest BCUT2D eigenvalue weighted by molar-refractivity contribution is 0.436. The van der Waals surface area contributed by atoms with E-state index in [0.717, 1.165) is 0 Å². The van der Waals surface area contributed by atoms with Gasteiger partial charge in [0, 0.05) is 0 Å². The standard InChI is InChI=1S/C12H8Cl2O3/c13-16-11-7-3-1-5-9(11)15-10-6-2-4-8-12(10)17-14/h1-8H. The van der Waals surface area contributed by atoms with E-state index >= 15 is 0 Å². The van der Waals surface area contributed by atoms with Crippen LogP contribution in [0.1, 0.15) is 0 Å². The van der Waals surface area contributed by atoms with E-state index in [1.807, 2.05) is 0 Å². The zero-order valence-electron chi connectivity index (χ0n) is 8.60. The van der Waals surface area contributed by atoms with Crippen molar-refractivity contribution >= 4 is 23.7 Å². The van der Waals surface area contributed by atoms with Crippen molar-refractivity contribution in [3.63, 3.8) is 0 Å². The number of ether oxygens (including phenoxy) is 1. The Morgan fingerprint density at radius 3 is 1.29 bits per heavy atom. The predicted molar refractivity (Wildman–Crippen MR) is 65.9 cm³/mol. The summed E-state index contributed by atoms with van der Waals surface area (Å²) in [5, 5.41) is 0. The molecule has 0 saturated heterocycles. The highest BCUT2D eigenvalue weighted by atomic mass is 35.5. The average molecular weight is 271 g/mol. The third kappa shape index (κ3) is 2.75. The molecule has 0 saturated carbocycles. The van der Waals surface area contributed by atoms with Gasteiger partial charge in [-0.3, -0.25) is 0 Å². The molecule has 2 rings (SSSR count). The minimum absolute atomic E-state index is 0.415. The summed E-state index contributed by atoms with van der Waals surface area (Å²) in [6.07, 6.45) is 0. The lowest BCUT2D eigenvalue weighted by atomic mass is 10.3. The van der Waals surface area contributed by atoms with Crippen LogP contribution in [0.4, 0.5) is 0 Å². The topological polar surface area (TPSA) is 27.7 Å². The normalized spacial score (nSPS) is 9.76. The molecule has 2 aromatic carbocycles. The summed E-state index contributed by atoms with van der Waals surface area (Å²) in [6, 6.07) is 14.0. The van der Waals surface area contributed by atoms with Crippen LogP contribution < -0.4 is 13.3 Å². The monoisotopic (exact) mass is 270 g/mol. The smallest absolute Gasteiger partial charge is 0.188 e. The van der Waals surface area contributed by atoms with Gasteiger partial charge in [0.2, 0.25) is 0 Å². The molecule has 88 valence electrons. The molecule has 0 amide bonds. The van der Waals surface area contributed by atoms with Crippen molar-refractivity contribution in [2.24, 2.45) is 0 Å². The lowest BCUT2D eigenvalue weighted by Crippen LogP contribution is -1.89. The van der Waals surface area contributed by atoms with E-state index in [1.54, 1.807) is 48.5 Å². The second kappa shape index (κ2) is 5.66. The van der Waals surface area contributed by atoms with Crippen LogP contribution in [0.15, 0.2) is 48.5 Å². The molecule has 0 N–H and O–H groups in total. The number of hydrogen-bond donors (Lipinski definition) is 0. The molecule has 17 heavy (non-hydrogen) atoms. The van der Waals surface area contributed by atoms with Gasteiger partial charge in [0.1, 0.15) is 23.7 Å². The molecular formula is C12H8Cl2O3. The van der Waals surface area contributed by atoms with Crippen molar-refractivity contribution in [1.29, 1.82) is 0 Å². The fourth-order valence-corrected chi connectivity index (χ4v) is 1.57. The Balaban J connectivity index is 2.31. The molecule has 0 aliphatic heterocycles. The van der Waals surface area contributed by atoms with Gasteiger partial charge < -0.3 is 13.3 Å². The van der Waals surface area contributed by atoms with Crippen molar-refractivity contribution in [2.75, 3.05) is 0 Å². The highest BCUT2D eigenvalue weighted by molar-refractivity contribution is 6.09. The predicted octanol–water partition coefficient (Wildman–Crippen LogP) is 4.54. The quantitative estimate of drug-likeness (QED) is 0.816. The maximum Gasteiger partial charge on any atom is 0.188 e. The second-order valence-electron chi connectivity index (χ2n) is 3.15. The van der Waals surface area contributed by atoms with Crippen LogP contribution >= 0.6 is 23.7 Å². The van der Waals surface area contributed by atoms with Crippen molar-refractivity contribution < 1.29 is 13.3 Å². The van der Waals surface area contributed by atoms with Crippen LogP contribution in [0.5, 0.6) is 23.0 Å². The van der Waals surface area contributed by atoms with Crippen molar-refractivity contribution in [3.8, 4) is 23.0 Å². The molecule has 0 unspecified atom stereocenters. The van der Waals surface area contributed by atoms with Gasteiger partial charge in [-0.1, -0.05) is 24.3 Å². The number of benzene rings is 2. The van der Waals surface area contributed by atoms with E-state index in [1.165, 1.54) is 0 Å². The van der Waals surface area contributed by atoms with E-state index in [9.17, 15) is 0 Å². The molecular weight excluding hydrogens is 263 g/mol. The molecule has 0 heterocycles. The van der Waals surface area contributed by atoms with Gasteiger partial charge in [0.15, 0.2) is 23.0 Å². The molecule has 0 radical (unpaired) electrons. The fourth-order valence-electron chi connectivity index (χ4n) is 1.31. The molecule has 0 aliphatic rings. The van der Waals surface area contributed by atoms with Gasteiger partial charge in [-0.05, 0) is 24.3 Å². The lowest BCUT2D eigenvalue weighted by Gasteiger charge is -2.10. The van der Waals surface area contributed by atoms with E-state index in [2.05, 4.69) is 8.58 Å². The third-order valence-electron chi connectivity index (χ3n) is 2.08. The van der Waals surface area contributed by atoms with Crippen molar-refractivity contribution in [1.82, 2.24) is 0 Å². The summed E-state index contributed by atoms with van der Waals surface area (Å²) in [7, 11) is 0. The van der Waals surface area contributed by atoms with Gasteiger partial charge in [-0.15, -0.1) is 0 Å². The molecule has 3 nitrogen and oxygen atoms in total. The molecule has 5 heteroatoms. The first kappa shape index (κ1) is 11.9. The zero-order valence-corrected chi connectivity index (χ0v) is 10.1. The third-order valence-corrected chi connectivity index (χ3v) is 2.42. The Hall–Kier alpha value is -1.58. The van der Waals surface area contributed by atoms with Gasteiger partial charge >= 0.3 is 0 Å². The number of halogens is 2. The Morgan fingerprint density at radius 2 is 0.941 bits per heavy atom. The van der Waals surface area contributed by atoms with E-state index < -0.39 is 0 Å². The summed E-state index contributed by atoms with van der Waals surface area (Å²) in [4.78, 5) is 0. The maximum atomic E-state index is 5.60. The SMILES string of the molecule is ClOc1ccccc1Oc1ccccc1OCl. The zero-order chi connectivity index (χ0) is 12.1. The largest absolute Gasteiger partial charge is 0.449 e. The fraction of sp³-hybridized carbons (Fsp3) is 0. The number of rotatable bonds is 4. The Bertz CT molecular complexity index is 457. The number of para-hydroxylation sites is 4. The van der Waals surface area contributed by atoms with Crippen molar-refractivity contribution in [2.45, 2.75) is 0 Å². The molecule has 0 fully saturated rings. The van der Waals surface area contributed by atoms with E-state index in [-0.39, 0.29) is 0 Å². The highest BCUT2D eigenvalue weighted by Crippen LogP contribution is 2.36. The van der Waals surface area contributed by atoms with E-state index in [0.29, 0.717) is 23.0 Å². The average Bonchev–Trinajstić information content (AvgIpc) is 2.40. The Kier molecular flexibility index (Phi) is 3.96. The van der Waals surface area contributed by atoms with Gasteiger partial charge in [-0.25, -0.2) is 0 Å². The summed E-state index contributed by atoms with van der Waals surface area (Å²) < 4.78 is 14.9. The molecule has 0 spiro atoms. The van der Waals surface area contributed by atoms with Gasteiger partial charge in [0.25, 0.3) is 0 Å². The summed E-state index contributed by atoms with van der Waals surface area (Å²) in [5.74, 6) is 1.78. The van der Waals surface area contributed by atoms with E-state index in [4.69, 9.17) is 28.5 Å². The first-order valence-corrected chi connectivity index (χ1v) is 5.40. The van der Waals surface area contributed by atoms with Gasteiger partial charge in [0.05, 0.1) is 0 Å². The minimum atomic E-state index is 0.415. The van der Waals surface area contributed by atoms with Crippen LogP contribution in [0.2, 0.25) is 0 Å².